The summed E-state index contributed by atoms with van der Waals surface area (Å²) in [5.74, 6) is 0.319. The molecule has 2 unspecified atom stereocenters. The summed E-state index contributed by atoms with van der Waals surface area (Å²) in [6.45, 7) is 2.83. The summed E-state index contributed by atoms with van der Waals surface area (Å²) in [6.07, 6.45) is 11.4. The molecule has 0 amide bonds. The quantitative estimate of drug-likeness (QED) is 0.600. The minimum atomic E-state index is -0.256. The average molecular weight is 434 g/mol. The van der Waals surface area contributed by atoms with Gasteiger partial charge in [-0.3, -0.25) is 4.99 Å². The third-order valence-corrected chi connectivity index (χ3v) is 6.42. The summed E-state index contributed by atoms with van der Waals surface area (Å²) in [4.78, 5) is 18.3. The SMILES string of the molecule is CC(Nc1nccc(-c2c(-c3ccc(F)cc3)ncn2C2CCCCC2)n1)C1CN=CN1. The first-order chi connectivity index (χ1) is 15.7. The van der Waals surface area contributed by atoms with Crippen LogP contribution < -0.4 is 10.6 Å². The van der Waals surface area contributed by atoms with Crippen molar-refractivity contribution in [3.8, 4) is 22.6 Å². The molecule has 1 fully saturated rings. The van der Waals surface area contributed by atoms with Crippen LogP contribution in [0.1, 0.15) is 45.1 Å². The summed E-state index contributed by atoms with van der Waals surface area (Å²) in [7, 11) is 0. The monoisotopic (exact) mass is 433 g/mol. The highest BCUT2D eigenvalue weighted by molar-refractivity contribution is 5.77. The number of imidazole rings is 1. The second-order valence-electron chi connectivity index (χ2n) is 8.61. The Hall–Kier alpha value is -3.29. The van der Waals surface area contributed by atoms with Gasteiger partial charge in [0.1, 0.15) is 5.82 Å². The molecule has 2 aromatic heterocycles. The molecule has 8 heteroatoms. The molecule has 0 saturated heterocycles. The lowest BCUT2D eigenvalue weighted by Crippen LogP contribution is -2.40. The Labute approximate surface area is 187 Å². The van der Waals surface area contributed by atoms with Gasteiger partial charge in [-0.1, -0.05) is 19.3 Å². The molecular formula is C24H28FN7. The number of anilines is 1. The molecule has 2 atom stereocenters. The molecule has 3 heterocycles. The zero-order valence-corrected chi connectivity index (χ0v) is 18.2. The molecule has 0 spiro atoms. The molecule has 0 bridgehead atoms. The summed E-state index contributed by atoms with van der Waals surface area (Å²) in [6, 6.07) is 9.16. The van der Waals surface area contributed by atoms with Crippen molar-refractivity contribution >= 4 is 12.3 Å². The van der Waals surface area contributed by atoms with E-state index in [1.54, 1.807) is 24.7 Å². The molecule has 7 nitrogen and oxygen atoms in total. The van der Waals surface area contributed by atoms with Crippen LogP contribution >= 0.6 is 0 Å². The van der Waals surface area contributed by atoms with Gasteiger partial charge >= 0.3 is 0 Å². The molecule has 1 aliphatic heterocycles. The maximum atomic E-state index is 13.6. The minimum Gasteiger partial charge on any atom is -0.370 e. The number of nitrogens with one attached hydrogen (secondary N) is 2. The normalized spacial score (nSPS) is 19.6. The third kappa shape index (κ3) is 4.22. The summed E-state index contributed by atoms with van der Waals surface area (Å²) in [5, 5.41) is 6.66. The molecular weight excluding hydrogens is 405 g/mol. The Morgan fingerprint density at radius 3 is 2.66 bits per heavy atom. The first kappa shape index (κ1) is 20.6. The number of hydrogen-bond donors (Lipinski definition) is 2. The van der Waals surface area contributed by atoms with Crippen molar-refractivity contribution in [2.24, 2.45) is 4.99 Å². The van der Waals surface area contributed by atoms with Crippen LogP contribution in [-0.4, -0.2) is 44.5 Å². The van der Waals surface area contributed by atoms with Crippen LogP contribution in [0.25, 0.3) is 22.6 Å². The van der Waals surface area contributed by atoms with Crippen LogP contribution in [0.5, 0.6) is 0 Å². The second-order valence-corrected chi connectivity index (χ2v) is 8.61. The maximum Gasteiger partial charge on any atom is 0.223 e. The fourth-order valence-corrected chi connectivity index (χ4v) is 4.60. The number of nitrogens with zero attached hydrogens (tertiary/aromatic N) is 5. The maximum absolute atomic E-state index is 13.6. The van der Waals surface area contributed by atoms with E-state index >= 15 is 0 Å². The van der Waals surface area contributed by atoms with Crippen LogP contribution in [0.2, 0.25) is 0 Å². The highest BCUT2D eigenvalue weighted by Crippen LogP contribution is 2.37. The molecule has 32 heavy (non-hydrogen) atoms. The predicted molar refractivity (Wildman–Crippen MR) is 124 cm³/mol. The van der Waals surface area contributed by atoms with E-state index in [1.807, 2.05) is 12.4 Å². The molecule has 1 aliphatic carbocycles. The fourth-order valence-electron chi connectivity index (χ4n) is 4.60. The number of benzene rings is 1. The Morgan fingerprint density at radius 2 is 1.91 bits per heavy atom. The Bertz CT molecular complexity index is 1080. The number of hydrogen-bond acceptors (Lipinski definition) is 6. The predicted octanol–water partition coefficient (Wildman–Crippen LogP) is 4.45. The molecule has 1 saturated carbocycles. The van der Waals surface area contributed by atoms with Gasteiger partial charge in [0.05, 0.1) is 42.3 Å². The van der Waals surface area contributed by atoms with Crippen molar-refractivity contribution in [2.75, 3.05) is 11.9 Å². The Morgan fingerprint density at radius 1 is 1.09 bits per heavy atom. The van der Waals surface area contributed by atoms with E-state index in [-0.39, 0.29) is 17.9 Å². The standard InChI is InChI=1S/C24H28FN7/c1-16(21-13-26-14-28-21)30-24-27-12-11-20(31-24)23-22(17-7-9-18(25)10-8-17)29-15-32(23)19-5-3-2-4-6-19/h7-12,14-16,19,21H,2-6,13H2,1H3,(H,26,28)(H,27,30,31). The van der Waals surface area contributed by atoms with Gasteiger partial charge in [0.2, 0.25) is 5.95 Å². The molecule has 166 valence electrons. The van der Waals surface area contributed by atoms with Crippen molar-refractivity contribution in [1.29, 1.82) is 0 Å². The lowest BCUT2D eigenvalue weighted by molar-refractivity contribution is 0.355. The number of halogens is 1. The van der Waals surface area contributed by atoms with Crippen molar-refractivity contribution in [3.63, 3.8) is 0 Å². The van der Waals surface area contributed by atoms with Crippen molar-refractivity contribution in [2.45, 2.75) is 57.2 Å². The van der Waals surface area contributed by atoms with Crippen molar-refractivity contribution in [1.82, 2.24) is 24.8 Å². The van der Waals surface area contributed by atoms with Gasteiger partial charge < -0.3 is 15.2 Å². The van der Waals surface area contributed by atoms with Gasteiger partial charge in [-0.05, 0) is 50.1 Å². The van der Waals surface area contributed by atoms with Crippen molar-refractivity contribution < 1.29 is 4.39 Å². The van der Waals surface area contributed by atoms with Crippen LogP contribution in [-0.2, 0) is 0 Å². The van der Waals surface area contributed by atoms with E-state index in [4.69, 9.17) is 9.97 Å². The first-order valence-electron chi connectivity index (χ1n) is 11.4. The summed E-state index contributed by atoms with van der Waals surface area (Å²) in [5.41, 5.74) is 3.47. The van der Waals surface area contributed by atoms with Gasteiger partial charge in [0, 0.05) is 23.8 Å². The number of rotatable bonds is 6. The van der Waals surface area contributed by atoms with Crippen LogP contribution in [0, 0.1) is 5.82 Å². The largest absolute Gasteiger partial charge is 0.370 e. The van der Waals surface area contributed by atoms with E-state index in [0.29, 0.717) is 12.0 Å². The van der Waals surface area contributed by atoms with Crippen LogP contribution in [0.3, 0.4) is 0 Å². The highest BCUT2D eigenvalue weighted by Gasteiger charge is 2.24. The molecule has 2 aliphatic rings. The van der Waals surface area contributed by atoms with Gasteiger partial charge in [-0.2, -0.15) is 0 Å². The van der Waals surface area contributed by atoms with Gasteiger partial charge in [-0.15, -0.1) is 0 Å². The van der Waals surface area contributed by atoms with Crippen LogP contribution in [0.4, 0.5) is 10.3 Å². The van der Waals surface area contributed by atoms with Gasteiger partial charge in [0.15, 0.2) is 0 Å². The van der Waals surface area contributed by atoms with E-state index in [0.717, 1.165) is 42.0 Å². The molecule has 5 rings (SSSR count). The van der Waals surface area contributed by atoms with Gasteiger partial charge in [0.25, 0.3) is 0 Å². The summed E-state index contributed by atoms with van der Waals surface area (Å²) >= 11 is 0. The summed E-state index contributed by atoms with van der Waals surface area (Å²) < 4.78 is 15.8. The zero-order valence-electron chi connectivity index (χ0n) is 18.2. The zero-order chi connectivity index (χ0) is 21.9. The molecule has 2 N–H and O–H groups in total. The minimum absolute atomic E-state index is 0.118. The first-order valence-corrected chi connectivity index (χ1v) is 11.4. The van der Waals surface area contributed by atoms with Gasteiger partial charge in [-0.25, -0.2) is 19.3 Å². The van der Waals surface area contributed by atoms with E-state index < -0.39 is 0 Å². The van der Waals surface area contributed by atoms with Crippen molar-refractivity contribution in [3.05, 3.63) is 48.7 Å². The number of aliphatic imine (C=N–C) groups is 1. The topological polar surface area (TPSA) is 80.0 Å². The third-order valence-electron chi connectivity index (χ3n) is 6.42. The number of aromatic nitrogens is 4. The fraction of sp³-hybridized carbons (Fsp3) is 0.417. The molecule has 0 radical (unpaired) electrons. The molecule has 1 aromatic carbocycles. The smallest absolute Gasteiger partial charge is 0.223 e. The Balaban J connectivity index is 1.52. The van der Waals surface area contributed by atoms with E-state index in [2.05, 4.69) is 32.1 Å². The average Bonchev–Trinajstić information content (AvgIpc) is 3.51. The van der Waals surface area contributed by atoms with E-state index in [9.17, 15) is 4.39 Å². The van der Waals surface area contributed by atoms with Crippen LogP contribution in [0.15, 0.2) is 47.8 Å². The Kier molecular flexibility index (Phi) is 5.83. The van der Waals surface area contributed by atoms with E-state index in [1.165, 1.54) is 31.4 Å². The second kappa shape index (κ2) is 9.06. The lowest BCUT2D eigenvalue weighted by atomic mass is 9.95. The highest BCUT2D eigenvalue weighted by atomic mass is 19.1. The lowest BCUT2D eigenvalue weighted by Gasteiger charge is -2.25. The molecule has 3 aromatic rings.